The van der Waals surface area contributed by atoms with Gasteiger partial charge in [0, 0.05) is 30.2 Å². The van der Waals surface area contributed by atoms with Gasteiger partial charge in [-0.2, -0.15) is 0 Å². The molecule has 0 radical (unpaired) electrons. The van der Waals surface area contributed by atoms with Crippen molar-refractivity contribution in [3.8, 4) is 11.5 Å². The molecule has 192 valence electrons. The smallest absolute Gasteiger partial charge is 0.484 e. The van der Waals surface area contributed by atoms with Crippen LogP contribution in [0.1, 0.15) is 18.4 Å². The summed E-state index contributed by atoms with van der Waals surface area (Å²) in [5.74, 6) is 0.464. The molecule has 36 heavy (non-hydrogen) atoms. The summed E-state index contributed by atoms with van der Waals surface area (Å²) in [6.07, 6.45) is -2.56. The third-order valence-corrected chi connectivity index (χ3v) is 6.23. The molecule has 1 aromatic heterocycles. The number of carbonyl (C=O) groups is 1. The Bertz CT molecular complexity index is 1210. The van der Waals surface area contributed by atoms with Gasteiger partial charge in [-0.3, -0.25) is 4.79 Å². The molecular formula is C26H29F3N4O3. The third kappa shape index (κ3) is 6.57. The van der Waals surface area contributed by atoms with Crippen molar-refractivity contribution in [1.82, 2.24) is 9.88 Å². The Morgan fingerprint density at radius 2 is 1.75 bits per heavy atom. The van der Waals surface area contributed by atoms with Crippen LogP contribution >= 0.6 is 0 Å². The van der Waals surface area contributed by atoms with Crippen LogP contribution in [-0.4, -0.2) is 62.0 Å². The van der Waals surface area contributed by atoms with Gasteiger partial charge in [0.1, 0.15) is 17.3 Å². The van der Waals surface area contributed by atoms with Gasteiger partial charge in [0.15, 0.2) is 6.61 Å². The lowest BCUT2D eigenvalue weighted by molar-refractivity contribution is -0.274. The average molecular weight is 503 g/mol. The number of hydrogen-bond acceptors (Lipinski definition) is 6. The zero-order valence-corrected chi connectivity index (χ0v) is 20.4. The van der Waals surface area contributed by atoms with Crippen LogP contribution in [0.25, 0.3) is 10.9 Å². The highest BCUT2D eigenvalue weighted by molar-refractivity contribution is 5.95. The first-order valence-electron chi connectivity index (χ1n) is 11.7. The summed E-state index contributed by atoms with van der Waals surface area (Å²) in [7, 11) is 4.24. The molecule has 3 aromatic rings. The molecule has 1 N–H and O–H groups in total. The van der Waals surface area contributed by atoms with Gasteiger partial charge in [0.25, 0.3) is 5.91 Å². The highest BCUT2D eigenvalue weighted by Gasteiger charge is 2.31. The van der Waals surface area contributed by atoms with Gasteiger partial charge >= 0.3 is 6.36 Å². The fourth-order valence-electron chi connectivity index (χ4n) is 4.31. The zero-order chi connectivity index (χ0) is 25.9. The van der Waals surface area contributed by atoms with Crippen molar-refractivity contribution in [1.29, 1.82) is 0 Å². The zero-order valence-electron chi connectivity index (χ0n) is 20.4. The maximum Gasteiger partial charge on any atom is 0.573 e. The van der Waals surface area contributed by atoms with E-state index in [1.54, 1.807) is 6.07 Å². The van der Waals surface area contributed by atoms with Gasteiger partial charge in [0.05, 0.1) is 5.52 Å². The summed E-state index contributed by atoms with van der Waals surface area (Å²) in [5, 5.41) is 3.73. The van der Waals surface area contributed by atoms with E-state index < -0.39 is 12.3 Å². The van der Waals surface area contributed by atoms with Gasteiger partial charge in [-0.05, 0) is 88.0 Å². The van der Waals surface area contributed by atoms with Gasteiger partial charge in [-0.1, -0.05) is 0 Å². The van der Waals surface area contributed by atoms with Crippen LogP contribution in [0, 0.1) is 6.92 Å². The molecule has 0 saturated carbocycles. The number of ether oxygens (including phenoxy) is 2. The largest absolute Gasteiger partial charge is 0.573 e. The van der Waals surface area contributed by atoms with E-state index in [1.807, 2.05) is 19.1 Å². The average Bonchev–Trinajstić information content (AvgIpc) is 2.83. The van der Waals surface area contributed by atoms with E-state index in [1.165, 1.54) is 12.1 Å². The molecular weight excluding hydrogens is 473 g/mol. The number of carbonyl (C=O) groups excluding carboxylic acids is 1. The number of aryl methyl sites for hydroxylation is 1. The molecule has 1 amide bonds. The number of benzene rings is 2. The van der Waals surface area contributed by atoms with E-state index in [4.69, 9.17) is 9.72 Å². The maximum atomic E-state index is 12.4. The van der Waals surface area contributed by atoms with Gasteiger partial charge in [-0.25, -0.2) is 4.98 Å². The lowest BCUT2D eigenvalue weighted by Gasteiger charge is -2.36. The van der Waals surface area contributed by atoms with E-state index >= 15 is 0 Å². The van der Waals surface area contributed by atoms with Gasteiger partial charge < -0.3 is 24.6 Å². The standard InChI is InChI=1S/C26H29F3N4O3/c1-17-14-24(33-12-10-19(11-13-33)32(2)3)31-23-9-4-18(15-22(17)23)30-25(34)16-35-20-5-7-21(8-6-20)36-26(27,28)29/h4-9,14-15,19H,10-13,16H2,1-3H3,(H,30,34). The van der Waals surface area contributed by atoms with Crippen molar-refractivity contribution in [3.63, 3.8) is 0 Å². The SMILES string of the molecule is Cc1cc(N2CCC(N(C)C)CC2)nc2ccc(NC(=O)COc3ccc(OC(F)(F)F)cc3)cc12. The first kappa shape index (κ1) is 25.6. The number of alkyl halides is 3. The minimum Gasteiger partial charge on any atom is -0.484 e. The molecule has 0 atom stereocenters. The summed E-state index contributed by atoms with van der Waals surface area (Å²) < 4.78 is 45.9. The molecule has 10 heteroatoms. The van der Waals surface area contributed by atoms with Crippen LogP contribution in [0.4, 0.5) is 24.7 Å². The van der Waals surface area contributed by atoms with Crippen LogP contribution in [0.5, 0.6) is 11.5 Å². The Morgan fingerprint density at radius 1 is 1.08 bits per heavy atom. The summed E-state index contributed by atoms with van der Waals surface area (Å²) in [5.41, 5.74) is 2.53. The highest BCUT2D eigenvalue weighted by atomic mass is 19.4. The number of nitrogens with zero attached hydrogens (tertiary/aromatic N) is 3. The number of nitrogens with one attached hydrogen (secondary N) is 1. The van der Waals surface area contributed by atoms with Crippen LogP contribution < -0.4 is 19.7 Å². The topological polar surface area (TPSA) is 66.9 Å². The van der Waals surface area contributed by atoms with E-state index in [-0.39, 0.29) is 18.1 Å². The number of fused-ring (bicyclic) bond motifs is 1. The van der Waals surface area contributed by atoms with Crippen molar-refractivity contribution in [2.24, 2.45) is 0 Å². The molecule has 7 nitrogen and oxygen atoms in total. The summed E-state index contributed by atoms with van der Waals surface area (Å²) in [4.78, 5) is 21.8. The Morgan fingerprint density at radius 3 is 2.39 bits per heavy atom. The third-order valence-electron chi connectivity index (χ3n) is 6.23. The van der Waals surface area contributed by atoms with Crippen LogP contribution in [0.2, 0.25) is 0 Å². The summed E-state index contributed by atoms with van der Waals surface area (Å²) in [6.45, 7) is 3.66. The lowest BCUT2D eigenvalue weighted by Crippen LogP contribution is -2.42. The molecule has 1 saturated heterocycles. The number of anilines is 2. The molecule has 2 heterocycles. The van der Waals surface area contributed by atoms with Crippen LogP contribution in [-0.2, 0) is 4.79 Å². The Balaban J connectivity index is 1.35. The van der Waals surface area contributed by atoms with Crippen LogP contribution in [0.15, 0.2) is 48.5 Å². The second-order valence-electron chi connectivity index (χ2n) is 9.07. The molecule has 1 fully saturated rings. The number of halogens is 3. The van der Waals surface area contributed by atoms with E-state index in [2.05, 4.69) is 40.0 Å². The fourth-order valence-corrected chi connectivity index (χ4v) is 4.31. The van der Waals surface area contributed by atoms with E-state index in [0.29, 0.717) is 11.7 Å². The Labute approximate surface area is 207 Å². The predicted molar refractivity (Wildman–Crippen MR) is 133 cm³/mol. The maximum absolute atomic E-state index is 12.4. The predicted octanol–water partition coefficient (Wildman–Crippen LogP) is 4.99. The molecule has 1 aliphatic rings. The molecule has 2 aromatic carbocycles. The number of amides is 1. The van der Waals surface area contributed by atoms with E-state index in [0.717, 1.165) is 60.3 Å². The molecule has 0 spiro atoms. The summed E-state index contributed by atoms with van der Waals surface area (Å²) in [6, 6.07) is 13.1. The van der Waals surface area contributed by atoms with Crippen molar-refractivity contribution >= 4 is 28.3 Å². The first-order valence-corrected chi connectivity index (χ1v) is 11.7. The number of pyridine rings is 1. The minimum atomic E-state index is -4.76. The Kier molecular flexibility index (Phi) is 7.53. The second-order valence-corrected chi connectivity index (χ2v) is 9.07. The Hall–Kier alpha value is -3.53. The van der Waals surface area contributed by atoms with Crippen molar-refractivity contribution in [2.45, 2.75) is 32.2 Å². The quantitative estimate of drug-likeness (QED) is 0.491. The van der Waals surface area contributed by atoms with Crippen molar-refractivity contribution in [3.05, 3.63) is 54.1 Å². The molecule has 1 aliphatic heterocycles. The minimum absolute atomic E-state index is 0.250. The normalized spacial score (nSPS) is 14.8. The fraction of sp³-hybridized carbons (Fsp3) is 0.385. The number of piperidine rings is 1. The summed E-state index contributed by atoms with van der Waals surface area (Å²) >= 11 is 0. The number of hydrogen-bond donors (Lipinski definition) is 1. The van der Waals surface area contributed by atoms with Crippen molar-refractivity contribution < 1.29 is 27.4 Å². The molecule has 0 aliphatic carbocycles. The number of aromatic nitrogens is 1. The van der Waals surface area contributed by atoms with Gasteiger partial charge in [-0.15, -0.1) is 13.2 Å². The molecule has 0 unspecified atom stereocenters. The van der Waals surface area contributed by atoms with Crippen molar-refractivity contribution in [2.75, 3.05) is 44.0 Å². The van der Waals surface area contributed by atoms with Crippen LogP contribution in [0.3, 0.4) is 0 Å². The first-order chi connectivity index (χ1) is 17.1. The van der Waals surface area contributed by atoms with Gasteiger partial charge in [0.2, 0.25) is 0 Å². The molecule has 4 rings (SSSR count). The highest BCUT2D eigenvalue weighted by Crippen LogP contribution is 2.28. The second kappa shape index (κ2) is 10.6. The van der Waals surface area contributed by atoms with E-state index in [9.17, 15) is 18.0 Å². The number of rotatable bonds is 7. The molecule has 0 bridgehead atoms. The monoisotopic (exact) mass is 502 g/mol. The lowest BCUT2D eigenvalue weighted by atomic mass is 10.0.